The SMILES string of the molecule is CC(NCc1cnc(N2CCOCC2)nc1)c1ccc2c(c1)OCO2. The predicted octanol–water partition coefficient (Wildman–Crippen LogP) is 1.89. The number of aromatic nitrogens is 2. The van der Waals surface area contributed by atoms with Crippen LogP contribution in [0, 0.1) is 0 Å². The minimum Gasteiger partial charge on any atom is -0.454 e. The van der Waals surface area contributed by atoms with Crippen molar-refractivity contribution in [3.8, 4) is 11.5 Å². The third-order valence-electron chi connectivity index (χ3n) is 4.49. The Kier molecular flexibility index (Phi) is 4.67. The Hall–Kier alpha value is -2.38. The Morgan fingerprint density at radius 3 is 2.68 bits per heavy atom. The van der Waals surface area contributed by atoms with Crippen LogP contribution in [0.5, 0.6) is 11.5 Å². The van der Waals surface area contributed by atoms with Gasteiger partial charge in [0.1, 0.15) is 0 Å². The summed E-state index contributed by atoms with van der Waals surface area (Å²) >= 11 is 0. The van der Waals surface area contributed by atoms with Crippen LogP contribution in [-0.2, 0) is 11.3 Å². The van der Waals surface area contributed by atoms with E-state index < -0.39 is 0 Å². The zero-order valence-electron chi connectivity index (χ0n) is 14.3. The highest BCUT2D eigenvalue weighted by atomic mass is 16.7. The Morgan fingerprint density at radius 1 is 1.12 bits per heavy atom. The van der Waals surface area contributed by atoms with Crippen LogP contribution in [0.25, 0.3) is 0 Å². The minimum atomic E-state index is 0.188. The average molecular weight is 342 g/mol. The van der Waals surface area contributed by atoms with E-state index in [2.05, 4.69) is 33.2 Å². The molecule has 2 aliphatic rings. The van der Waals surface area contributed by atoms with Crippen molar-refractivity contribution in [3.05, 3.63) is 41.7 Å². The quantitative estimate of drug-likeness (QED) is 0.890. The highest BCUT2D eigenvalue weighted by Crippen LogP contribution is 2.34. The predicted molar refractivity (Wildman–Crippen MR) is 92.9 cm³/mol. The summed E-state index contributed by atoms with van der Waals surface area (Å²) in [6.07, 6.45) is 3.77. The zero-order valence-corrected chi connectivity index (χ0v) is 14.3. The molecule has 7 heteroatoms. The van der Waals surface area contributed by atoms with Gasteiger partial charge >= 0.3 is 0 Å². The normalized spacial score (nSPS) is 17.6. The lowest BCUT2D eigenvalue weighted by Gasteiger charge is -2.26. The summed E-state index contributed by atoms with van der Waals surface area (Å²) in [5.74, 6) is 2.39. The van der Waals surface area contributed by atoms with Gasteiger partial charge in [0.25, 0.3) is 0 Å². The van der Waals surface area contributed by atoms with E-state index in [0.29, 0.717) is 13.3 Å². The third-order valence-corrected chi connectivity index (χ3v) is 4.49. The molecule has 1 atom stereocenters. The molecule has 1 fully saturated rings. The van der Waals surface area contributed by atoms with Crippen LogP contribution in [0.1, 0.15) is 24.1 Å². The van der Waals surface area contributed by atoms with Crippen molar-refractivity contribution in [1.82, 2.24) is 15.3 Å². The molecule has 0 amide bonds. The minimum absolute atomic E-state index is 0.188. The van der Waals surface area contributed by atoms with E-state index in [0.717, 1.165) is 54.9 Å². The van der Waals surface area contributed by atoms with Gasteiger partial charge < -0.3 is 24.4 Å². The van der Waals surface area contributed by atoms with Crippen LogP contribution in [-0.4, -0.2) is 43.1 Å². The van der Waals surface area contributed by atoms with E-state index in [1.807, 2.05) is 24.5 Å². The van der Waals surface area contributed by atoms with Crippen LogP contribution in [0.15, 0.2) is 30.6 Å². The molecule has 4 rings (SSSR count). The molecule has 2 aromatic rings. The van der Waals surface area contributed by atoms with Crippen LogP contribution in [0.3, 0.4) is 0 Å². The summed E-state index contributed by atoms with van der Waals surface area (Å²) in [5, 5.41) is 3.50. The number of ether oxygens (including phenoxy) is 3. The van der Waals surface area contributed by atoms with Crippen molar-refractivity contribution in [2.45, 2.75) is 19.5 Å². The van der Waals surface area contributed by atoms with Crippen molar-refractivity contribution >= 4 is 5.95 Å². The number of fused-ring (bicyclic) bond motifs is 1. The van der Waals surface area contributed by atoms with Crippen molar-refractivity contribution in [2.75, 3.05) is 38.0 Å². The number of hydrogen-bond acceptors (Lipinski definition) is 7. The van der Waals surface area contributed by atoms with Crippen LogP contribution in [0.2, 0.25) is 0 Å². The second kappa shape index (κ2) is 7.25. The number of nitrogens with zero attached hydrogens (tertiary/aromatic N) is 3. The maximum Gasteiger partial charge on any atom is 0.231 e. The molecule has 0 saturated carbocycles. The fourth-order valence-electron chi connectivity index (χ4n) is 2.94. The van der Waals surface area contributed by atoms with Gasteiger partial charge in [-0.2, -0.15) is 0 Å². The molecule has 2 aliphatic heterocycles. The average Bonchev–Trinajstić information content (AvgIpc) is 3.15. The summed E-state index contributed by atoms with van der Waals surface area (Å²) in [6.45, 7) is 6.30. The first kappa shape index (κ1) is 16.1. The standard InChI is InChI=1S/C18H22N4O3/c1-13(15-2-3-16-17(8-15)25-12-24-16)19-9-14-10-20-18(21-11-14)22-4-6-23-7-5-22/h2-3,8,10-11,13,19H,4-7,9,12H2,1H3. The molecule has 0 radical (unpaired) electrons. The second-order valence-electron chi connectivity index (χ2n) is 6.21. The van der Waals surface area contributed by atoms with Crippen molar-refractivity contribution < 1.29 is 14.2 Å². The molecule has 0 aliphatic carbocycles. The van der Waals surface area contributed by atoms with Crippen LogP contribution < -0.4 is 19.7 Å². The van der Waals surface area contributed by atoms with Crippen molar-refractivity contribution in [1.29, 1.82) is 0 Å². The largest absolute Gasteiger partial charge is 0.454 e. The van der Waals surface area contributed by atoms with E-state index >= 15 is 0 Å². The van der Waals surface area contributed by atoms with Crippen molar-refractivity contribution in [2.24, 2.45) is 0 Å². The van der Waals surface area contributed by atoms with E-state index in [1.165, 1.54) is 0 Å². The molecule has 0 spiro atoms. The molecular weight excluding hydrogens is 320 g/mol. The van der Waals surface area contributed by atoms with Gasteiger partial charge in [0.2, 0.25) is 12.7 Å². The first-order valence-corrected chi connectivity index (χ1v) is 8.56. The van der Waals surface area contributed by atoms with E-state index in [-0.39, 0.29) is 6.04 Å². The monoisotopic (exact) mass is 342 g/mol. The maximum absolute atomic E-state index is 5.44. The number of nitrogens with one attached hydrogen (secondary N) is 1. The summed E-state index contributed by atoms with van der Waals surface area (Å²) in [7, 11) is 0. The third kappa shape index (κ3) is 3.67. The molecule has 25 heavy (non-hydrogen) atoms. The smallest absolute Gasteiger partial charge is 0.231 e. The summed E-state index contributed by atoms with van der Waals surface area (Å²) in [6, 6.07) is 6.23. The molecule has 7 nitrogen and oxygen atoms in total. The van der Waals surface area contributed by atoms with Gasteiger partial charge in [0, 0.05) is 43.6 Å². The topological polar surface area (TPSA) is 68.7 Å². The molecular formula is C18H22N4O3. The molecule has 1 unspecified atom stereocenters. The van der Waals surface area contributed by atoms with Gasteiger partial charge in [-0.1, -0.05) is 6.07 Å². The molecule has 1 saturated heterocycles. The zero-order chi connectivity index (χ0) is 17.1. The fourth-order valence-corrected chi connectivity index (χ4v) is 2.94. The van der Waals surface area contributed by atoms with Crippen LogP contribution >= 0.6 is 0 Å². The Balaban J connectivity index is 1.34. The highest BCUT2D eigenvalue weighted by molar-refractivity contribution is 5.45. The molecule has 1 aromatic carbocycles. The van der Waals surface area contributed by atoms with Gasteiger partial charge in [-0.25, -0.2) is 9.97 Å². The van der Waals surface area contributed by atoms with Crippen LogP contribution in [0.4, 0.5) is 5.95 Å². The number of benzene rings is 1. The van der Waals surface area contributed by atoms with Gasteiger partial charge in [0.15, 0.2) is 11.5 Å². The maximum atomic E-state index is 5.44. The lowest BCUT2D eigenvalue weighted by molar-refractivity contribution is 0.122. The molecule has 1 N–H and O–H groups in total. The van der Waals surface area contributed by atoms with E-state index in [9.17, 15) is 0 Å². The summed E-state index contributed by atoms with van der Waals surface area (Å²) in [5.41, 5.74) is 2.22. The Bertz CT molecular complexity index is 717. The Morgan fingerprint density at radius 2 is 1.88 bits per heavy atom. The van der Waals surface area contributed by atoms with Crippen molar-refractivity contribution in [3.63, 3.8) is 0 Å². The lowest BCUT2D eigenvalue weighted by atomic mass is 10.1. The van der Waals surface area contributed by atoms with Gasteiger partial charge in [-0.05, 0) is 24.6 Å². The first-order valence-electron chi connectivity index (χ1n) is 8.56. The molecule has 132 valence electrons. The van der Waals surface area contributed by atoms with Gasteiger partial charge in [0.05, 0.1) is 13.2 Å². The number of hydrogen-bond donors (Lipinski definition) is 1. The van der Waals surface area contributed by atoms with Gasteiger partial charge in [-0.15, -0.1) is 0 Å². The summed E-state index contributed by atoms with van der Waals surface area (Å²) < 4.78 is 16.1. The second-order valence-corrected chi connectivity index (χ2v) is 6.21. The van der Waals surface area contributed by atoms with E-state index in [1.54, 1.807) is 0 Å². The molecule has 1 aromatic heterocycles. The van der Waals surface area contributed by atoms with Gasteiger partial charge in [-0.3, -0.25) is 0 Å². The summed E-state index contributed by atoms with van der Waals surface area (Å²) in [4.78, 5) is 11.1. The lowest BCUT2D eigenvalue weighted by Crippen LogP contribution is -2.37. The highest BCUT2D eigenvalue weighted by Gasteiger charge is 2.16. The molecule has 3 heterocycles. The molecule has 0 bridgehead atoms. The number of morpholine rings is 1. The number of anilines is 1. The first-order chi connectivity index (χ1) is 12.3. The fraction of sp³-hybridized carbons (Fsp3) is 0.444. The number of rotatable bonds is 5. The Labute approximate surface area is 146 Å². The van der Waals surface area contributed by atoms with E-state index in [4.69, 9.17) is 14.2 Å².